The van der Waals surface area contributed by atoms with Crippen molar-refractivity contribution in [3.05, 3.63) is 23.3 Å². The maximum absolute atomic E-state index is 10.8. The van der Waals surface area contributed by atoms with Gasteiger partial charge in [0.25, 0.3) is 0 Å². The summed E-state index contributed by atoms with van der Waals surface area (Å²) in [5.41, 5.74) is 1.34. The van der Waals surface area contributed by atoms with Crippen molar-refractivity contribution in [2.45, 2.75) is 38.1 Å². The van der Waals surface area contributed by atoms with E-state index in [2.05, 4.69) is 16.3 Å². The molecule has 1 aromatic carbocycles. The van der Waals surface area contributed by atoms with Crippen LogP contribution < -0.4 is 10.1 Å². The zero-order valence-electron chi connectivity index (χ0n) is 15.2. The fourth-order valence-corrected chi connectivity index (χ4v) is 4.28. The molecule has 1 aliphatic carbocycles. The normalized spacial score (nSPS) is 19.5. The molecule has 26 heavy (non-hydrogen) atoms. The molecule has 1 saturated carbocycles. The number of halogens is 2. The van der Waals surface area contributed by atoms with Gasteiger partial charge in [-0.2, -0.15) is 5.26 Å². The number of aromatic hydroxyl groups is 1. The van der Waals surface area contributed by atoms with Gasteiger partial charge in [0.15, 0.2) is 11.5 Å². The second kappa shape index (κ2) is 10.8. The quantitative estimate of drug-likeness (QED) is 0.805. The monoisotopic (exact) mass is 401 g/mol. The van der Waals surface area contributed by atoms with E-state index in [0.29, 0.717) is 17.2 Å². The zero-order valence-corrected chi connectivity index (χ0v) is 16.9. The molecule has 1 atom stereocenters. The van der Waals surface area contributed by atoms with Crippen molar-refractivity contribution in [3.63, 3.8) is 0 Å². The molecule has 0 amide bonds. The Morgan fingerprint density at radius 1 is 1.19 bits per heavy atom. The first-order valence-electron chi connectivity index (χ1n) is 9.01. The number of methoxy groups -OCH3 is 1. The van der Waals surface area contributed by atoms with Crippen LogP contribution in [0.2, 0.25) is 0 Å². The molecule has 0 radical (unpaired) electrons. The van der Waals surface area contributed by atoms with Crippen molar-refractivity contribution < 1.29 is 9.84 Å². The Balaban J connectivity index is 0.00000169. The molecule has 3 rings (SSSR count). The maximum Gasteiger partial charge on any atom is 0.163 e. The van der Waals surface area contributed by atoms with Crippen molar-refractivity contribution in [3.8, 4) is 17.6 Å². The van der Waals surface area contributed by atoms with Gasteiger partial charge < -0.3 is 15.2 Å². The first-order chi connectivity index (χ1) is 11.8. The minimum Gasteiger partial charge on any atom is -0.504 e. The molecule has 1 saturated heterocycles. The largest absolute Gasteiger partial charge is 0.504 e. The highest BCUT2D eigenvalue weighted by atomic mass is 35.5. The summed E-state index contributed by atoms with van der Waals surface area (Å²) in [5, 5.41) is 23.8. The van der Waals surface area contributed by atoms with Gasteiger partial charge in [-0.15, -0.1) is 24.8 Å². The van der Waals surface area contributed by atoms with Crippen molar-refractivity contribution in [1.82, 2.24) is 10.2 Å². The molecule has 2 N–H and O–H groups in total. The first-order valence-corrected chi connectivity index (χ1v) is 9.01. The van der Waals surface area contributed by atoms with Crippen LogP contribution >= 0.6 is 24.8 Å². The van der Waals surface area contributed by atoms with Gasteiger partial charge in [-0.25, -0.2) is 0 Å². The lowest BCUT2D eigenvalue weighted by atomic mass is 9.78. The highest BCUT2D eigenvalue weighted by Gasteiger charge is 2.35. The van der Waals surface area contributed by atoms with E-state index < -0.39 is 0 Å². The SMILES string of the molecule is COc1ccc(C#N)c([C@@H](C2CCCCC2)N2CCNCC2)c1O.Cl.Cl. The molecule has 1 aromatic rings. The number of nitriles is 1. The lowest BCUT2D eigenvalue weighted by molar-refractivity contribution is 0.101. The highest BCUT2D eigenvalue weighted by Crippen LogP contribution is 2.45. The standard InChI is InChI=1S/C19H27N3O2.2ClH/c1-24-16-8-7-15(13-20)17(19(16)23)18(14-5-3-2-4-6-14)22-11-9-21-10-12-22;;/h7-8,14,18,21,23H,2-6,9-12H2,1H3;2*1H/t18-;;/m1../s1. The summed E-state index contributed by atoms with van der Waals surface area (Å²) in [6.07, 6.45) is 6.09. The number of benzene rings is 1. The van der Waals surface area contributed by atoms with Gasteiger partial charge in [0.1, 0.15) is 0 Å². The Hall–Kier alpha value is -1.19. The molecule has 1 heterocycles. The van der Waals surface area contributed by atoms with Crippen LogP contribution in [-0.4, -0.2) is 43.3 Å². The van der Waals surface area contributed by atoms with Crippen LogP contribution in [0.4, 0.5) is 0 Å². The Kier molecular flexibility index (Phi) is 9.52. The number of hydrogen-bond donors (Lipinski definition) is 2. The highest BCUT2D eigenvalue weighted by molar-refractivity contribution is 5.85. The molecular weight excluding hydrogens is 373 g/mol. The van der Waals surface area contributed by atoms with Crippen LogP contribution in [0.5, 0.6) is 11.5 Å². The van der Waals surface area contributed by atoms with Crippen molar-refractivity contribution in [1.29, 1.82) is 5.26 Å². The van der Waals surface area contributed by atoms with E-state index in [9.17, 15) is 10.4 Å². The van der Waals surface area contributed by atoms with Crippen LogP contribution in [0, 0.1) is 17.2 Å². The van der Waals surface area contributed by atoms with E-state index in [4.69, 9.17) is 4.74 Å². The summed E-state index contributed by atoms with van der Waals surface area (Å²) in [6, 6.07) is 5.85. The number of phenols is 1. The number of rotatable bonds is 4. The average molecular weight is 402 g/mol. The first kappa shape index (κ1) is 22.9. The zero-order chi connectivity index (χ0) is 16.9. The second-order valence-electron chi connectivity index (χ2n) is 6.82. The van der Waals surface area contributed by atoms with E-state index in [1.165, 1.54) is 19.3 Å². The Morgan fingerprint density at radius 2 is 1.85 bits per heavy atom. The summed E-state index contributed by atoms with van der Waals surface area (Å²) >= 11 is 0. The Labute approximate surface area is 168 Å². The lowest BCUT2D eigenvalue weighted by Gasteiger charge is -2.41. The third kappa shape index (κ3) is 4.75. The van der Waals surface area contributed by atoms with Crippen LogP contribution in [-0.2, 0) is 0 Å². The molecule has 0 bridgehead atoms. The van der Waals surface area contributed by atoms with E-state index in [-0.39, 0.29) is 36.6 Å². The average Bonchev–Trinajstić information content (AvgIpc) is 2.65. The minimum atomic E-state index is 0. The molecule has 7 heteroatoms. The molecule has 0 aromatic heterocycles. The number of nitrogens with zero attached hydrogens (tertiary/aromatic N) is 2. The third-order valence-corrected chi connectivity index (χ3v) is 5.46. The Morgan fingerprint density at radius 3 is 2.42 bits per heavy atom. The van der Waals surface area contributed by atoms with E-state index in [1.54, 1.807) is 19.2 Å². The lowest BCUT2D eigenvalue weighted by Crippen LogP contribution is -2.47. The van der Waals surface area contributed by atoms with Gasteiger partial charge in [-0.1, -0.05) is 19.3 Å². The maximum atomic E-state index is 10.8. The fraction of sp³-hybridized carbons (Fsp3) is 0.632. The molecule has 0 spiro atoms. The fourth-order valence-electron chi connectivity index (χ4n) is 4.28. The molecule has 5 nitrogen and oxygen atoms in total. The summed E-state index contributed by atoms with van der Waals surface area (Å²) in [7, 11) is 1.56. The molecule has 0 unspecified atom stereocenters. The number of ether oxygens (including phenoxy) is 1. The molecule has 146 valence electrons. The van der Waals surface area contributed by atoms with Gasteiger partial charge in [-0.3, -0.25) is 4.90 Å². The predicted molar refractivity (Wildman–Crippen MR) is 108 cm³/mol. The van der Waals surface area contributed by atoms with Crippen LogP contribution in [0.3, 0.4) is 0 Å². The van der Waals surface area contributed by atoms with Gasteiger partial charge in [-0.05, 0) is 30.9 Å². The topological polar surface area (TPSA) is 68.5 Å². The van der Waals surface area contributed by atoms with E-state index in [1.807, 2.05) is 0 Å². The van der Waals surface area contributed by atoms with Gasteiger partial charge >= 0.3 is 0 Å². The molecular formula is C19H29Cl2N3O2. The summed E-state index contributed by atoms with van der Waals surface area (Å²) in [6.45, 7) is 3.80. The number of piperazine rings is 1. The summed E-state index contributed by atoms with van der Waals surface area (Å²) < 4.78 is 5.32. The summed E-state index contributed by atoms with van der Waals surface area (Å²) in [5.74, 6) is 1.09. The van der Waals surface area contributed by atoms with Crippen molar-refractivity contribution in [2.24, 2.45) is 5.92 Å². The molecule has 1 aliphatic heterocycles. The van der Waals surface area contributed by atoms with Gasteiger partial charge in [0.05, 0.1) is 18.7 Å². The number of nitrogens with one attached hydrogen (secondary N) is 1. The van der Waals surface area contributed by atoms with Gasteiger partial charge in [0.2, 0.25) is 0 Å². The number of phenolic OH excluding ortho intramolecular Hbond substituents is 1. The number of hydrogen-bond acceptors (Lipinski definition) is 5. The Bertz CT molecular complexity index is 592. The van der Waals surface area contributed by atoms with E-state index >= 15 is 0 Å². The second-order valence-corrected chi connectivity index (χ2v) is 6.82. The van der Waals surface area contributed by atoms with Crippen LogP contribution in [0.1, 0.15) is 49.3 Å². The van der Waals surface area contributed by atoms with Gasteiger partial charge in [0, 0.05) is 37.8 Å². The van der Waals surface area contributed by atoms with Crippen molar-refractivity contribution in [2.75, 3.05) is 33.3 Å². The molecule has 2 aliphatic rings. The van der Waals surface area contributed by atoms with Crippen LogP contribution in [0.25, 0.3) is 0 Å². The smallest absolute Gasteiger partial charge is 0.163 e. The summed E-state index contributed by atoms with van der Waals surface area (Å²) in [4.78, 5) is 2.45. The minimum absolute atomic E-state index is 0. The predicted octanol–water partition coefficient (Wildman–Crippen LogP) is 3.64. The van der Waals surface area contributed by atoms with Crippen LogP contribution in [0.15, 0.2) is 12.1 Å². The van der Waals surface area contributed by atoms with E-state index in [0.717, 1.165) is 44.6 Å². The third-order valence-electron chi connectivity index (χ3n) is 5.46. The van der Waals surface area contributed by atoms with Crippen molar-refractivity contribution >= 4 is 24.8 Å². The molecule has 2 fully saturated rings.